The standard InChI is InChI=1S/C10H22Cl2N2/c1-8(2,10(4,12)14)9(3,11)6-5-7-13/h5-7,13-14H2,1-4H3. The predicted molar refractivity (Wildman–Crippen MR) is 64.8 cm³/mol. The average molecular weight is 241 g/mol. The van der Waals surface area contributed by atoms with Crippen LogP contribution in [0.15, 0.2) is 0 Å². The fourth-order valence-electron chi connectivity index (χ4n) is 1.26. The van der Waals surface area contributed by atoms with E-state index in [0.29, 0.717) is 6.54 Å². The molecule has 0 amide bonds. The van der Waals surface area contributed by atoms with Crippen LogP contribution < -0.4 is 11.5 Å². The lowest BCUT2D eigenvalue weighted by atomic mass is 9.71. The van der Waals surface area contributed by atoms with E-state index in [4.69, 9.17) is 34.7 Å². The third-order valence-corrected chi connectivity index (χ3v) is 4.51. The highest BCUT2D eigenvalue weighted by Gasteiger charge is 2.48. The molecule has 0 heterocycles. The smallest absolute Gasteiger partial charge is 0.0950 e. The van der Waals surface area contributed by atoms with Gasteiger partial charge in [-0.15, -0.1) is 23.2 Å². The molecule has 2 unspecified atom stereocenters. The highest BCUT2D eigenvalue weighted by atomic mass is 35.5. The van der Waals surface area contributed by atoms with Crippen LogP contribution in [0.3, 0.4) is 0 Å². The third-order valence-electron chi connectivity index (χ3n) is 3.38. The summed E-state index contributed by atoms with van der Waals surface area (Å²) in [5.74, 6) is 0. The van der Waals surface area contributed by atoms with Crippen LogP contribution in [-0.4, -0.2) is 16.4 Å². The van der Waals surface area contributed by atoms with Gasteiger partial charge in [-0.25, -0.2) is 0 Å². The van der Waals surface area contributed by atoms with Crippen molar-refractivity contribution < 1.29 is 0 Å². The Balaban J connectivity index is 4.69. The molecule has 0 aliphatic rings. The third kappa shape index (κ3) is 2.99. The molecule has 2 nitrogen and oxygen atoms in total. The van der Waals surface area contributed by atoms with E-state index in [-0.39, 0.29) is 5.41 Å². The molecule has 0 aromatic heterocycles. The SMILES string of the molecule is CC(N)(Cl)C(C)(C)C(C)(Cl)CCCN. The van der Waals surface area contributed by atoms with Crippen LogP contribution in [0.25, 0.3) is 0 Å². The minimum absolute atomic E-state index is 0.363. The van der Waals surface area contributed by atoms with Crippen molar-refractivity contribution in [2.24, 2.45) is 16.9 Å². The lowest BCUT2D eigenvalue weighted by molar-refractivity contribution is 0.177. The van der Waals surface area contributed by atoms with E-state index in [2.05, 4.69) is 0 Å². The number of rotatable bonds is 5. The fraction of sp³-hybridized carbons (Fsp3) is 1.00. The normalized spacial score (nSPS) is 21.4. The number of hydrogen-bond donors (Lipinski definition) is 2. The molecule has 0 radical (unpaired) electrons. The quantitative estimate of drug-likeness (QED) is 0.574. The summed E-state index contributed by atoms with van der Waals surface area (Å²) in [5.41, 5.74) is 11.0. The molecule has 0 spiro atoms. The predicted octanol–water partition coefficient (Wildman–Crippen LogP) is 2.66. The van der Waals surface area contributed by atoms with Gasteiger partial charge in [0.2, 0.25) is 0 Å². The first-order valence-electron chi connectivity index (χ1n) is 4.93. The Hall–Kier alpha value is 0.500. The Labute approximate surface area is 97.3 Å². The minimum Gasteiger partial charge on any atom is -0.330 e. The molecule has 0 fully saturated rings. The van der Waals surface area contributed by atoms with Crippen molar-refractivity contribution in [1.82, 2.24) is 0 Å². The van der Waals surface area contributed by atoms with Crippen molar-refractivity contribution in [3.63, 3.8) is 0 Å². The van der Waals surface area contributed by atoms with E-state index in [1.807, 2.05) is 20.8 Å². The first-order valence-corrected chi connectivity index (χ1v) is 5.68. The Morgan fingerprint density at radius 1 is 1.07 bits per heavy atom. The van der Waals surface area contributed by atoms with Crippen molar-refractivity contribution >= 4 is 23.2 Å². The molecular formula is C10H22Cl2N2. The van der Waals surface area contributed by atoms with Crippen LogP contribution in [0.1, 0.15) is 40.5 Å². The van der Waals surface area contributed by atoms with Gasteiger partial charge in [-0.05, 0) is 33.2 Å². The zero-order chi connectivity index (χ0) is 11.6. The van der Waals surface area contributed by atoms with Gasteiger partial charge in [0.05, 0.1) is 5.00 Å². The van der Waals surface area contributed by atoms with Crippen LogP contribution >= 0.6 is 23.2 Å². The Morgan fingerprint density at radius 3 is 1.79 bits per heavy atom. The topological polar surface area (TPSA) is 52.0 Å². The van der Waals surface area contributed by atoms with Gasteiger partial charge in [-0.2, -0.15) is 0 Å². The molecule has 86 valence electrons. The Bertz CT molecular complexity index is 183. The second-order valence-corrected chi connectivity index (χ2v) is 6.41. The molecule has 0 bridgehead atoms. The van der Waals surface area contributed by atoms with Crippen LogP contribution in [0.4, 0.5) is 0 Å². The Kier molecular flexibility index (Phi) is 4.73. The van der Waals surface area contributed by atoms with E-state index < -0.39 is 9.87 Å². The number of halogens is 2. The molecule has 0 aromatic rings. The summed E-state index contributed by atoms with van der Waals surface area (Å²) in [6, 6.07) is 0. The van der Waals surface area contributed by atoms with E-state index in [9.17, 15) is 0 Å². The molecule has 4 heteroatoms. The van der Waals surface area contributed by atoms with Gasteiger partial charge in [-0.3, -0.25) is 0 Å². The molecule has 0 aliphatic heterocycles. The maximum absolute atomic E-state index is 6.47. The highest BCUT2D eigenvalue weighted by Crippen LogP contribution is 2.47. The second kappa shape index (κ2) is 4.56. The van der Waals surface area contributed by atoms with Gasteiger partial charge < -0.3 is 11.5 Å². The van der Waals surface area contributed by atoms with Crippen molar-refractivity contribution in [3.05, 3.63) is 0 Å². The molecular weight excluding hydrogens is 219 g/mol. The van der Waals surface area contributed by atoms with Crippen LogP contribution in [0, 0.1) is 5.41 Å². The van der Waals surface area contributed by atoms with Crippen molar-refractivity contribution in [3.8, 4) is 0 Å². The number of nitrogens with two attached hydrogens (primary N) is 2. The second-order valence-electron chi connectivity index (χ2n) is 4.79. The maximum atomic E-state index is 6.47. The minimum atomic E-state index is -0.821. The zero-order valence-electron chi connectivity index (χ0n) is 9.53. The van der Waals surface area contributed by atoms with Gasteiger partial charge >= 0.3 is 0 Å². The lowest BCUT2D eigenvalue weighted by Gasteiger charge is -2.47. The van der Waals surface area contributed by atoms with E-state index >= 15 is 0 Å². The maximum Gasteiger partial charge on any atom is 0.0950 e. The Morgan fingerprint density at radius 2 is 1.50 bits per heavy atom. The zero-order valence-corrected chi connectivity index (χ0v) is 11.0. The summed E-state index contributed by atoms with van der Waals surface area (Å²) in [4.78, 5) is -1.25. The summed E-state index contributed by atoms with van der Waals surface area (Å²) in [6.45, 7) is 8.38. The highest BCUT2D eigenvalue weighted by molar-refractivity contribution is 6.27. The first-order chi connectivity index (χ1) is 6.06. The van der Waals surface area contributed by atoms with E-state index in [0.717, 1.165) is 12.8 Å². The van der Waals surface area contributed by atoms with Crippen molar-refractivity contribution in [1.29, 1.82) is 0 Å². The average Bonchev–Trinajstić information content (AvgIpc) is 1.98. The van der Waals surface area contributed by atoms with Crippen molar-refractivity contribution in [2.75, 3.05) is 6.54 Å². The first kappa shape index (κ1) is 14.5. The summed E-state index contributed by atoms with van der Waals surface area (Å²) in [7, 11) is 0. The molecule has 14 heavy (non-hydrogen) atoms. The molecule has 0 saturated carbocycles. The van der Waals surface area contributed by atoms with Gasteiger partial charge in [0.15, 0.2) is 0 Å². The fourth-order valence-corrected chi connectivity index (χ4v) is 1.84. The molecule has 2 atom stereocenters. The monoisotopic (exact) mass is 240 g/mol. The molecule has 4 N–H and O–H groups in total. The number of hydrogen-bond acceptors (Lipinski definition) is 2. The molecule has 0 rings (SSSR count). The van der Waals surface area contributed by atoms with E-state index in [1.54, 1.807) is 6.92 Å². The van der Waals surface area contributed by atoms with Gasteiger partial charge in [0, 0.05) is 10.3 Å². The van der Waals surface area contributed by atoms with Crippen molar-refractivity contribution in [2.45, 2.75) is 50.4 Å². The van der Waals surface area contributed by atoms with E-state index in [1.165, 1.54) is 0 Å². The largest absolute Gasteiger partial charge is 0.330 e. The van der Waals surface area contributed by atoms with Crippen LogP contribution in [0.2, 0.25) is 0 Å². The number of alkyl halides is 2. The molecule has 0 saturated heterocycles. The van der Waals surface area contributed by atoms with Crippen LogP contribution in [0.5, 0.6) is 0 Å². The van der Waals surface area contributed by atoms with Gasteiger partial charge in [-0.1, -0.05) is 13.8 Å². The molecule has 0 aliphatic carbocycles. The summed E-state index contributed by atoms with van der Waals surface area (Å²) in [5, 5.41) is 0. The van der Waals surface area contributed by atoms with Crippen LogP contribution in [-0.2, 0) is 0 Å². The summed E-state index contributed by atoms with van der Waals surface area (Å²) < 4.78 is 0. The van der Waals surface area contributed by atoms with Gasteiger partial charge in [0.25, 0.3) is 0 Å². The summed E-state index contributed by atoms with van der Waals surface area (Å²) >= 11 is 12.6. The van der Waals surface area contributed by atoms with Gasteiger partial charge in [0.1, 0.15) is 0 Å². The molecule has 0 aromatic carbocycles. The summed E-state index contributed by atoms with van der Waals surface area (Å²) in [6.07, 6.45) is 1.70. The lowest BCUT2D eigenvalue weighted by Crippen LogP contribution is -2.55.